The van der Waals surface area contributed by atoms with E-state index in [2.05, 4.69) is 47.6 Å². The number of ether oxygens (including phenoxy) is 1. The Kier molecular flexibility index (Phi) is 6.70. The van der Waals surface area contributed by atoms with E-state index in [0.717, 1.165) is 42.0 Å². The van der Waals surface area contributed by atoms with Crippen molar-refractivity contribution in [3.63, 3.8) is 0 Å². The van der Waals surface area contributed by atoms with Gasteiger partial charge in [-0.3, -0.25) is 0 Å². The fourth-order valence-corrected chi connectivity index (χ4v) is 4.67. The minimum absolute atomic E-state index is 0.110. The van der Waals surface area contributed by atoms with Crippen molar-refractivity contribution in [1.29, 1.82) is 0 Å². The van der Waals surface area contributed by atoms with Crippen LogP contribution in [0, 0.1) is 5.92 Å². The van der Waals surface area contributed by atoms with Crippen LogP contribution in [0.5, 0.6) is 5.88 Å². The average molecular weight is 411 g/mol. The zero-order chi connectivity index (χ0) is 20.1. The quantitative estimate of drug-likeness (QED) is 0.339. The first-order chi connectivity index (χ1) is 14.2. The van der Waals surface area contributed by atoms with Gasteiger partial charge in [-0.15, -0.1) is 10.2 Å². The molecule has 29 heavy (non-hydrogen) atoms. The van der Waals surface area contributed by atoms with Gasteiger partial charge in [0.05, 0.1) is 0 Å². The van der Waals surface area contributed by atoms with Crippen molar-refractivity contribution in [3.8, 4) is 17.1 Å². The Morgan fingerprint density at radius 3 is 2.90 bits per heavy atom. The summed E-state index contributed by atoms with van der Waals surface area (Å²) in [4.78, 5) is 4.76. The summed E-state index contributed by atoms with van der Waals surface area (Å²) in [6, 6.07) is 8.21. The molecule has 154 valence electrons. The highest BCUT2D eigenvalue weighted by atomic mass is 32.2. The van der Waals surface area contributed by atoms with E-state index in [1.165, 1.54) is 31.3 Å². The van der Waals surface area contributed by atoms with Gasteiger partial charge in [-0.2, -0.15) is 4.98 Å². The Morgan fingerprint density at radius 2 is 2.07 bits per heavy atom. The van der Waals surface area contributed by atoms with Crippen molar-refractivity contribution in [3.05, 3.63) is 35.9 Å². The van der Waals surface area contributed by atoms with Crippen LogP contribution in [0.1, 0.15) is 58.8 Å². The number of nitrogens with one attached hydrogen (secondary N) is 1. The van der Waals surface area contributed by atoms with Gasteiger partial charge >= 0.3 is 0 Å². The summed E-state index contributed by atoms with van der Waals surface area (Å²) >= 11 is 1.67. The minimum Gasteiger partial charge on any atom is -0.452 e. The first-order valence-corrected chi connectivity index (χ1v) is 11.8. The van der Waals surface area contributed by atoms with Gasteiger partial charge in [0.1, 0.15) is 0 Å². The van der Waals surface area contributed by atoms with Crippen LogP contribution >= 0.6 is 11.8 Å². The largest absolute Gasteiger partial charge is 0.452 e. The lowest BCUT2D eigenvalue weighted by Crippen LogP contribution is -2.35. The maximum atomic E-state index is 6.43. The Morgan fingerprint density at radius 1 is 1.17 bits per heavy atom. The molecule has 0 radical (unpaired) electrons. The molecule has 1 N–H and O–H groups in total. The Balaban J connectivity index is 1.57. The van der Waals surface area contributed by atoms with Crippen molar-refractivity contribution in [1.82, 2.24) is 15.2 Å². The molecule has 6 heteroatoms. The minimum atomic E-state index is -0.110. The van der Waals surface area contributed by atoms with Crippen LogP contribution in [-0.2, 0) is 0 Å². The fourth-order valence-electron chi connectivity index (χ4n) is 3.90. The molecule has 0 unspecified atom stereocenters. The molecule has 0 saturated heterocycles. The van der Waals surface area contributed by atoms with Crippen LogP contribution in [0.4, 0.5) is 5.69 Å². The van der Waals surface area contributed by atoms with E-state index in [1.807, 2.05) is 12.1 Å². The standard InChI is InChI=1S/C23H30N4OS/c1-3-4-5-8-15-29-23-25-22-20(26-27-23)18-9-6-7-10-19(18)24-21(28-22)17-13-11-16(2)12-14-17/h6-7,9-11,17,21,24H,3-5,8,12-15H2,1-2H3/t17-,21+/m1/s1. The van der Waals surface area contributed by atoms with Crippen molar-refractivity contribution in [2.75, 3.05) is 11.1 Å². The number of para-hydroxylation sites is 1. The second-order valence-corrected chi connectivity index (χ2v) is 9.03. The number of benzene rings is 1. The molecule has 5 nitrogen and oxygen atoms in total. The summed E-state index contributed by atoms with van der Waals surface area (Å²) in [6.07, 6.45) is 10.5. The van der Waals surface area contributed by atoms with Gasteiger partial charge in [0.25, 0.3) is 0 Å². The maximum absolute atomic E-state index is 6.43. The van der Waals surface area contributed by atoms with Crippen molar-refractivity contribution < 1.29 is 4.74 Å². The lowest BCUT2D eigenvalue weighted by molar-refractivity contribution is 0.145. The van der Waals surface area contributed by atoms with Crippen LogP contribution < -0.4 is 10.1 Å². The third-order valence-electron chi connectivity index (χ3n) is 5.69. The molecule has 2 atom stereocenters. The first kappa shape index (κ1) is 20.2. The second kappa shape index (κ2) is 9.61. The molecule has 2 heterocycles. The van der Waals surface area contributed by atoms with Gasteiger partial charge in [-0.1, -0.05) is 67.8 Å². The highest BCUT2D eigenvalue weighted by Crippen LogP contribution is 2.39. The summed E-state index contributed by atoms with van der Waals surface area (Å²) in [5, 5.41) is 13.2. The predicted molar refractivity (Wildman–Crippen MR) is 119 cm³/mol. The predicted octanol–water partition coefficient (Wildman–Crippen LogP) is 6.09. The average Bonchev–Trinajstić information content (AvgIpc) is 2.90. The zero-order valence-electron chi connectivity index (χ0n) is 17.4. The molecule has 0 amide bonds. The third kappa shape index (κ3) is 4.92. The first-order valence-electron chi connectivity index (χ1n) is 10.8. The fraction of sp³-hybridized carbons (Fsp3) is 0.522. The Hall–Kier alpha value is -2.08. The maximum Gasteiger partial charge on any atom is 0.247 e. The summed E-state index contributed by atoms with van der Waals surface area (Å²) in [5.74, 6) is 2.04. The number of thioether (sulfide) groups is 1. The Labute approximate surface area is 177 Å². The van der Waals surface area contributed by atoms with E-state index in [4.69, 9.17) is 9.72 Å². The molecule has 1 aromatic carbocycles. The Bertz CT molecular complexity index is 870. The molecule has 2 aliphatic rings. The number of unbranched alkanes of at least 4 members (excludes halogenated alkanes) is 3. The van der Waals surface area contributed by atoms with E-state index in [-0.39, 0.29) is 6.23 Å². The molecular formula is C23H30N4OS. The van der Waals surface area contributed by atoms with Crippen LogP contribution in [0.3, 0.4) is 0 Å². The normalized spacial score (nSPS) is 20.6. The van der Waals surface area contributed by atoms with Gasteiger partial charge in [0.15, 0.2) is 11.9 Å². The van der Waals surface area contributed by atoms with Crippen LogP contribution in [0.25, 0.3) is 11.3 Å². The van der Waals surface area contributed by atoms with Gasteiger partial charge in [-0.05, 0) is 38.7 Å². The SMILES string of the molecule is CCCCCCSc1nnc2c(n1)O[C@@H]([C@@H]1CC=C(C)CC1)Nc1ccccc1-2. The topological polar surface area (TPSA) is 59.9 Å². The van der Waals surface area contributed by atoms with Crippen molar-refractivity contribution >= 4 is 17.4 Å². The summed E-state index contributed by atoms with van der Waals surface area (Å²) in [5.41, 5.74) is 4.25. The molecule has 0 fully saturated rings. The van der Waals surface area contributed by atoms with E-state index in [1.54, 1.807) is 11.8 Å². The molecule has 1 aliphatic carbocycles. The molecule has 0 saturated carbocycles. The second-order valence-electron chi connectivity index (χ2n) is 7.97. The number of fused-ring (bicyclic) bond motifs is 3. The highest BCUT2D eigenvalue weighted by Gasteiger charge is 2.31. The smallest absolute Gasteiger partial charge is 0.247 e. The number of aromatic nitrogens is 3. The molecule has 0 spiro atoms. The highest BCUT2D eigenvalue weighted by molar-refractivity contribution is 7.99. The number of rotatable bonds is 7. The lowest BCUT2D eigenvalue weighted by atomic mass is 9.89. The van der Waals surface area contributed by atoms with Gasteiger partial charge in [-0.25, -0.2) is 0 Å². The number of nitrogens with zero attached hydrogens (tertiary/aromatic N) is 3. The van der Waals surface area contributed by atoms with Crippen molar-refractivity contribution in [2.24, 2.45) is 5.92 Å². The summed E-state index contributed by atoms with van der Waals surface area (Å²) in [6.45, 7) is 4.44. The third-order valence-corrected chi connectivity index (χ3v) is 6.61. The van der Waals surface area contributed by atoms with Crippen LogP contribution in [0.15, 0.2) is 41.1 Å². The van der Waals surface area contributed by atoms with Crippen LogP contribution in [0.2, 0.25) is 0 Å². The molecule has 0 bridgehead atoms. The van der Waals surface area contributed by atoms with Gasteiger partial charge in [0.2, 0.25) is 11.0 Å². The van der Waals surface area contributed by atoms with E-state index in [0.29, 0.717) is 17.0 Å². The molecule has 4 rings (SSSR count). The molecule has 2 aromatic rings. The van der Waals surface area contributed by atoms with Gasteiger partial charge in [0, 0.05) is 22.9 Å². The van der Waals surface area contributed by atoms with E-state index in [9.17, 15) is 0 Å². The van der Waals surface area contributed by atoms with E-state index >= 15 is 0 Å². The number of hydrogen-bond donors (Lipinski definition) is 1. The summed E-state index contributed by atoms with van der Waals surface area (Å²) < 4.78 is 6.43. The number of allylic oxidation sites excluding steroid dienone is 2. The monoisotopic (exact) mass is 410 g/mol. The summed E-state index contributed by atoms with van der Waals surface area (Å²) in [7, 11) is 0. The molecule has 1 aliphatic heterocycles. The zero-order valence-corrected chi connectivity index (χ0v) is 18.2. The molecular weight excluding hydrogens is 380 g/mol. The van der Waals surface area contributed by atoms with Crippen molar-refractivity contribution in [2.45, 2.75) is 70.2 Å². The number of hydrogen-bond acceptors (Lipinski definition) is 6. The molecule has 1 aromatic heterocycles. The van der Waals surface area contributed by atoms with E-state index < -0.39 is 0 Å². The van der Waals surface area contributed by atoms with Gasteiger partial charge < -0.3 is 10.1 Å². The van der Waals surface area contributed by atoms with Crippen LogP contribution in [-0.4, -0.2) is 27.2 Å². The number of anilines is 1. The lowest BCUT2D eigenvalue weighted by Gasteiger charge is -2.29.